The van der Waals surface area contributed by atoms with Crippen LogP contribution in [-0.4, -0.2) is 37.6 Å². The van der Waals surface area contributed by atoms with Crippen molar-refractivity contribution in [2.75, 3.05) is 18.0 Å². The first-order chi connectivity index (χ1) is 16.0. The van der Waals surface area contributed by atoms with Crippen LogP contribution in [0.4, 0.5) is 10.1 Å². The largest absolute Gasteiger partial charge is 0.368 e. The Labute approximate surface area is 191 Å². The van der Waals surface area contributed by atoms with Gasteiger partial charge >= 0.3 is 5.69 Å². The molecular weight excluding hydrogens is 419 g/mol. The molecule has 1 aliphatic rings. The van der Waals surface area contributed by atoms with Crippen LogP contribution in [-0.2, 0) is 6.54 Å². The lowest BCUT2D eigenvalue weighted by molar-refractivity contribution is 0.355. The summed E-state index contributed by atoms with van der Waals surface area (Å²) in [5.41, 5.74) is 3.80. The van der Waals surface area contributed by atoms with Gasteiger partial charge in [0.1, 0.15) is 11.3 Å². The van der Waals surface area contributed by atoms with Crippen LogP contribution in [0.1, 0.15) is 38.2 Å². The summed E-state index contributed by atoms with van der Waals surface area (Å²) in [6.07, 6.45) is 6.46. The molecule has 0 bridgehead atoms. The second-order valence-electron chi connectivity index (χ2n) is 8.97. The molecule has 33 heavy (non-hydrogen) atoms. The Bertz CT molecular complexity index is 1340. The van der Waals surface area contributed by atoms with Crippen LogP contribution in [0.5, 0.6) is 0 Å². The summed E-state index contributed by atoms with van der Waals surface area (Å²) in [5, 5.41) is 0. The summed E-state index contributed by atoms with van der Waals surface area (Å²) in [6, 6.07) is 9.52. The minimum Gasteiger partial charge on any atom is -0.368 e. The number of nitrogens with one attached hydrogen (secondary N) is 1. The van der Waals surface area contributed by atoms with Gasteiger partial charge in [0.15, 0.2) is 11.5 Å². The second-order valence-corrected chi connectivity index (χ2v) is 8.97. The summed E-state index contributed by atoms with van der Waals surface area (Å²) >= 11 is 0. The molecule has 4 aromatic rings. The van der Waals surface area contributed by atoms with Crippen molar-refractivity contribution in [2.24, 2.45) is 5.92 Å². The Hall–Kier alpha value is -3.55. The van der Waals surface area contributed by atoms with E-state index in [9.17, 15) is 9.18 Å². The highest BCUT2D eigenvalue weighted by Crippen LogP contribution is 2.28. The smallest absolute Gasteiger partial charge is 0.327 e. The summed E-state index contributed by atoms with van der Waals surface area (Å²) in [6.45, 7) is 6.32. The van der Waals surface area contributed by atoms with E-state index in [4.69, 9.17) is 4.98 Å². The number of hydrogen-bond donors (Lipinski definition) is 1. The molecule has 0 atom stereocenters. The fraction of sp³-hybridized carbons (Fsp3) is 0.360. The van der Waals surface area contributed by atoms with Gasteiger partial charge in [-0.25, -0.2) is 19.2 Å². The maximum absolute atomic E-state index is 14.1. The second kappa shape index (κ2) is 8.77. The maximum atomic E-state index is 14.1. The monoisotopic (exact) mass is 446 g/mol. The molecule has 1 aliphatic heterocycles. The molecule has 8 heteroatoms. The van der Waals surface area contributed by atoms with Gasteiger partial charge in [-0.2, -0.15) is 0 Å². The maximum Gasteiger partial charge on any atom is 0.327 e. The van der Waals surface area contributed by atoms with Gasteiger partial charge in [0.25, 0.3) is 0 Å². The lowest BCUT2D eigenvalue weighted by atomic mass is 9.96. The standard InChI is InChI=1S/C25H27FN6O/c1-16(2)18-5-3-4-6-19(18)23-28-13-21-24(30-23)32(25(33)29-21)15-17-8-11-31(12-9-17)22-14-27-10-7-20(22)26/h3-7,10,13-14,16-17H,8-9,11-12,15H2,1-2H3,(H,29,33). The molecule has 0 amide bonds. The average molecular weight is 447 g/mol. The van der Waals surface area contributed by atoms with Crippen molar-refractivity contribution in [1.82, 2.24) is 24.5 Å². The molecule has 0 aliphatic carbocycles. The number of piperidine rings is 1. The van der Waals surface area contributed by atoms with Gasteiger partial charge in [-0.3, -0.25) is 9.55 Å². The van der Waals surface area contributed by atoms with E-state index in [-0.39, 0.29) is 11.5 Å². The minimum absolute atomic E-state index is 0.172. The van der Waals surface area contributed by atoms with E-state index < -0.39 is 0 Å². The molecule has 170 valence electrons. The van der Waals surface area contributed by atoms with Crippen molar-refractivity contribution in [3.8, 4) is 11.4 Å². The zero-order valence-electron chi connectivity index (χ0n) is 18.8. The number of H-pyrrole nitrogens is 1. The molecule has 0 unspecified atom stereocenters. The molecule has 1 aromatic carbocycles. The molecule has 0 radical (unpaired) electrons. The number of hydrogen-bond acceptors (Lipinski definition) is 5. The average Bonchev–Trinajstić information content (AvgIpc) is 3.14. The Morgan fingerprint density at radius 2 is 1.94 bits per heavy atom. The number of anilines is 1. The lowest BCUT2D eigenvalue weighted by Gasteiger charge is -2.33. The highest BCUT2D eigenvalue weighted by atomic mass is 19.1. The predicted molar refractivity (Wildman–Crippen MR) is 127 cm³/mol. The minimum atomic E-state index is -0.248. The van der Waals surface area contributed by atoms with E-state index in [1.165, 1.54) is 17.8 Å². The fourth-order valence-corrected chi connectivity index (χ4v) is 4.67. The van der Waals surface area contributed by atoms with Crippen LogP contribution in [0.15, 0.2) is 53.7 Å². The van der Waals surface area contributed by atoms with E-state index in [2.05, 4.69) is 34.9 Å². The van der Waals surface area contributed by atoms with Crippen LogP contribution < -0.4 is 10.6 Å². The highest BCUT2D eigenvalue weighted by Gasteiger charge is 2.23. The predicted octanol–water partition coefficient (Wildman–Crippen LogP) is 4.36. The SMILES string of the molecule is CC(C)c1ccccc1-c1ncc2[nH]c(=O)n(CC3CCN(c4cnccc4F)CC3)c2n1. The number of nitrogens with zero attached hydrogens (tertiary/aromatic N) is 5. The molecule has 1 N–H and O–H groups in total. The van der Waals surface area contributed by atoms with Gasteiger partial charge in [-0.15, -0.1) is 0 Å². The van der Waals surface area contributed by atoms with Crippen LogP contribution in [0.2, 0.25) is 0 Å². The van der Waals surface area contributed by atoms with Gasteiger partial charge < -0.3 is 9.88 Å². The molecule has 5 rings (SSSR count). The van der Waals surface area contributed by atoms with Crippen molar-refractivity contribution in [3.05, 3.63) is 70.8 Å². The Kier molecular flexibility index (Phi) is 5.66. The van der Waals surface area contributed by atoms with Crippen molar-refractivity contribution < 1.29 is 4.39 Å². The first-order valence-corrected chi connectivity index (χ1v) is 11.4. The van der Waals surface area contributed by atoms with Crippen LogP contribution in [0.3, 0.4) is 0 Å². The summed E-state index contributed by atoms with van der Waals surface area (Å²) in [4.78, 5) is 31.0. The third kappa shape index (κ3) is 4.13. The zero-order chi connectivity index (χ0) is 22.9. The third-order valence-electron chi connectivity index (χ3n) is 6.48. The topological polar surface area (TPSA) is 79.7 Å². The first-order valence-electron chi connectivity index (χ1n) is 11.4. The quantitative estimate of drug-likeness (QED) is 0.493. The van der Waals surface area contributed by atoms with E-state index in [1.807, 2.05) is 23.1 Å². The van der Waals surface area contributed by atoms with Crippen molar-refractivity contribution in [2.45, 2.75) is 39.2 Å². The van der Waals surface area contributed by atoms with E-state index in [1.54, 1.807) is 17.0 Å². The van der Waals surface area contributed by atoms with Crippen molar-refractivity contribution in [1.29, 1.82) is 0 Å². The van der Waals surface area contributed by atoms with Crippen LogP contribution in [0, 0.1) is 11.7 Å². The van der Waals surface area contributed by atoms with E-state index >= 15 is 0 Å². The molecule has 1 saturated heterocycles. The Balaban J connectivity index is 1.39. The molecule has 0 spiro atoms. The van der Waals surface area contributed by atoms with Gasteiger partial charge in [-0.05, 0) is 36.3 Å². The number of benzene rings is 1. The molecular formula is C25H27FN6O. The first kappa shape index (κ1) is 21.3. The summed E-state index contributed by atoms with van der Waals surface area (Å²) in [5.74, 6) is 1.02. The van der Waals surface area contributed by atoms with Gasteiger partial charge in [0, 0.05) is 31.4 Å². The molecule has 0 saturated carbocycles. The normalized spacial score (nSPS) is 15.0. The van der Waals surface area contributed by atoms with E-state index in [0.29, 0.717) is 41.1 Å². The Morgan fingerprint density at radius 3 is 2.70 bits per heavy atom. The number of rotatable bonds is 5. The van der Waals surface area contributed by atoms with Crippen molar-refractivity contribution >= 4 is 16.9 Å². The lowest BCUT2D eigenvalue weighted by Crippen LogP contribution is -2.36. The number of fused-ring (bicyclic) bond motifs is 1. The highest BCUT2D eigenvalue weighted by molar-refractivity contribution is 5.73. The molecule has 7 nitrogen and oxygen atoms in total. The third-order valence-corrected chi connectivity index (χ3v) is 6.48. The summed E-state index contributed by atoms with van der Waals surface area (Å²) in [7, 11) is 0. The fourth-order valence-electron chi connectivity index (χ4n) is 4.67. The molecule has 1 fully saturated rings. The van der Waals surface area contributed by atoms with Gasteiger partial charge in [-0.1, -0.05) is 38.1 Å². The number of halogens is 1. The van der Waals surface area contributed by atoms with Gasteiger partial charge in [0.2, 0.25) is 0 Å². The number of aromatic nitrogens is 5. The molecule has 4 heterocycles. The zero-order valence-corrected chi connectivity index (χ0v) is 18.8. The van der Waals surface area contributed by atoms with Crippen molar-refractivity contribution in [3.63, 3.8) is 0 Å². The number of imidazole rings is 1. The number of pyridine rings is 1. The van der Waals surface area contributed by atoms with Crippen LogP contribution >= 0.6 is 0 Å². The molecule has 3 aromatic heterocycles. The van der Waals surface area contributed by atoms with E-state index in [0.717, 1.165) is 31.5 Å². The number of aromatic amines is 1. The van der Waals surface area contributed by atoms with Gasteiger partial charge in [0.05, 0.1) is 18.1 Å². The summed E-state index contributed by atoms with van der Waals surface area (Å²) < 4.78 is 15.8. The van der Waals surface area contributed by atoms with Crippen LogP contribution in [0.25, 0.3) is 22.6 Å². The Morgan fingerprint density at radius 1 is 1.15 bits per heavy atom.